The Balaban J connectivity index is 1.61. The highest BCUT2D eigenvalue weighted by atomic mass is 32.1. The summed E-state index contributed by atoms with van der Waals surface area (Å²) in [5, 5.41) is 7.68. The molecule has 27 heavy (non-hydrogen) atoms. The zero-order chi connectivity index (χ0) is 19.4. The van der Waals surface area contributed by atoms with Gasteiger partial charge >= 0.3 is 0 Å². The lowest BCUT2D eigenvalue weighted by molar-refractivity contribution is -0.115. The molecule has 0 spiro atoms. The Labute approximate surface area is 160 Å². The lowest BCUT2D eigenvalue weighted by Gasteiger charge is -2.10. The molecule has 0 saturated carbocycles. The number of carbonyl (C=O) groups is 2. The second-order valence-electron chi connectivity index (χ2n) is 6.10. The molecule has 2 N–H and O–H groups in total. The normalized spacial score (nSPS) is 10.5. The van der Waals surface area contributed by atoms with Crippen LogP contribution >= 0.6 is 11.3 Å². The molecule has 7 heteroatoms. The molecule has 3 rings (SSSR count). The highest BCUT2D eigenvalue weighted by molar-refractivity contribution is 7.14. The van der Waals surface area contributed by atoms with Crippen molar-refractivity contribution in [1.29, 1.82) is 0 Å². The lowest BCUT2D eigenvalue weighted by atomic mass is 10.1. The second-order valence-corrected chi connectivity index (χ2v) is 6.95. The molecule has 0 unspecified atom stereocenters. The number of aromatic nitrogens is 1. The van der Waals surface area contributed by atoms with Crippen LogP contribution in [-0.2, 0) is 11.2 Å². The van der Waals surface area contributed by atoms with Crippen LogP contribution in [-0.4, -0.2) is 16.8 Å². The van der Waals surface area contributed by atoms with Crippen LogP contribution in [0.25, 0.3) is 0 Å². The molecular weight excluding hydrogens is 365 g/mol. The van der Waals surface area contributed by atoms with Gasteiger partial charge in [-0.25, -0.2) is 9.37 Å². The van der Waals surface area contributed by atoms with Gasteiger partial charge in [-0.15, -0.1) is 11.3 Å². The van der Waals surface area contributed by atoms with Gasteiger partial charge in [0.25, 0.3) is 5.91 Å². The molecule has 0 aliphatic carbocycles. The highest BCUT2D eigenvalue weighted by Gasteiger charge is 2.13. The van der Waals surface area contributed by atoms with Gasteiger partial charge in [-0.1, -0.05) is 18.2 Å². The largest absolute Gasteiger partial charge is 0.325 e. The predicted molar refractivity (Wildman–Crippen MR) is 105 cm³/mol. The van der Waals surface area contributed by atoms with E-state index < -0.39 is 5.82 Å². The molecule has 138 valence electrons. The zero-order valence-corrected chi connectivity index (χ0v) is 15.7. The molecule has 0 saturated heterocycles. The topological polar surface area (TPSA) is 71.1 Å². The molecule has 0 radical (unpaired) electrons. The average Bonchev–Trinajstić information content (AvgIpc) is 3.05. The number of benzene rings is 2. The molecule has 0 fully saturated rings. The summed E-state index contributed by atoms with van der Waals surface area (Å²) >= 11 is 1.23. The van der Waals surface area contributed by atoms with Gasteiger partial charge in [0.1, 0.15) is 5.82 Å². The van der Waals surface area contributed by atoms with Crippen LogP contribution in [0.5, 0.6) is 0 Å². The Bertz CT molecular complexity index is 963. The number of aryl methyl sites for hydroxylation is 2. The van der Waals surface area contributed by atoms with Crippen molar-refractivity contribution in [2.75, 3.05) is 10.6 Å². The summed E-state index contributed by atoms with van der Waals surface area (Å²) < 4.78 is 12.9. The lowest BCUT2D eigenvalue weighted by Crippen LogP contribution is -2.16. The average molecular weight is 383 g/mol. The van der Waals surface area contributed by atoms with E-state index in [1.54, 1.807) is 5.38 Å². The fourth-order valence-electron chi connectivity index (χ4n) is 2.58. The van der Waals surface area contributed by atoms with Gasteiger partial charge in [-0.2, -0.15) is 0 Å². The number of carbonyl (C=O) groups excluding carboxylic acids is 2. The molecule has 3 aromatic rings. The standard InChI is InChI=1S/C20H18FN3O2S/c1-12-4-3-5-13(2)18(12)23-17(25)10-16-11-27-20(22-16)24-19(26)14-6-8-15(21)9-7-14/h3-9,11H,10H2,1-2H3,(H,23,25)(H,22,24,26). The first-order valence-electron chi connectivity index (χ1n) is 8.30. The summed E-state index contributed by atoms with van der Waals surface area (Å²) in [4.78, 5) is 28.7. The van der Waals surface area contributed by atoms with Crippen molar-refractivity contribution in [3.05, 3.63) is 76.0 Å². The van der Waals surface area contributed by atoms with E-state index in [0.717, 1.165) is 16.8 Å². The number of para-hydroxylation sites is 1. The van der Waals surface area contributed by atoms with Crippen molar-refractivity contribution in [3.8, 4) is 0 Å². The maximum atomic E-state index is 12.9. The number of nitrogens with one attached hydrogen (secondary N) is 2. The van der Waals surface area contributed by atoms with Gasteiger partial charge in [-0.05, 0) is 49.2 Å². The van der Waals surface area contributed by atoms with E-state index in [-0.39, 0.29) is 18.2 Å². The van der Waals surface area contributed by atoms with Crippen molar-refractivity contribution >= 4 is 34.0 Å². The Kier molecular flexibility index (Phi) is 5.61. The predicted octanol–water partition coefficient (Wildman–Crippen LogP) is 4.33. The molecular formula is C20H18FN3O2S. The number of thiazole rings is 1. The zero-order valence-electron chi connectivity index (χ0n) is 14.9. The minimum Gasteiger partial charge on any atom is -0.325 e. The maximum absolute atomic E-state index is 12.9. The first-order chi connectivity index (χ1) is 12.9. The van der Waals surface area contributed by atoms with Crippen LogP contribution in [0, 0.1) is 19.7 Å². The van der Waals surface area contributed by atoms with Gasteiger partial charge in [0.15, 0.2) is 5.13 Å². The van der Waals surface area contributed by atoms with Crippen molar-refractivity contribution in [3.63, 3.8) is 0 Å². The SMILES string of the molecule is Cc1cccc(C)c1NC(=O)Cc1csc(NC(=O)c2ccc(F)cc2)n1. The van der Waals surface area contributed by atoms with E-state index in [1.165, 1.54) is 35.6 Å². The van der Waals surface area contributed by atoms with Gasteiger partial charge in [-0.3, -0.25) is 14.9 Å². The van der Waals surface area contributed by atoms with Gasteiger partial charge < -0.3 is 5.32 Å². The summed E-state index contributed by atoms with van der Waals surface area (Å²) in [5.41, 5.74) is 3.70. The summed E-state index contributed by atoms with van der Waals surface area (Å²) in [6.45, 7) is 3.88. The molecule has 0 aliphatic rings. The first kappa shape index (κ1) is 18.7. The number of anilines is 2. The minimum absolute atomic E-state index is 0.108. The Morgan fingerprint density at radius 3 is 2.37 bits per heavy atom. The van der Waals surface area contributed by atoms with Crippen molar-refractivity contribution in [1.82, 2.24) is 4.98 Å². The van der Waals surface area contributed by atoms with Crippen LogP contribution in [0.2, 0.25) is 0 Å². The summed E-state index contributed by atoms with van der Waals surface area (Å²) in [7, 11) is 0. The van der Waals surface area contributed by atoms with Crippen molar-refractivity contribution in [2.45, 2.75) is 20.3 Å². The monoisotopic (exact) mass is 383 g/mol. The maximum Gasteiger partial charge on any atom is 0.257 e. The Morgan fingerprint density at radius 1 is 1.04 bits per heavy atom. The van der Waals surface area contributed by atoms with Gasteiger partial charge in [0.05, 0.1) is 12.1 Å². The van der Waals surface area contributed by atoms with Crippen LogP contribution < -0.4 is 10.6 Å². The molecule has 0 bridgehead atoms. The number of hydrogen-bond donors (Lipinski definition) is 2. The summed E-state index contributed by atoms with van der Waals surface area (Å²) in [5.74, 6) is -0.956. The molecule has 2 amide bonds. The molecule has 1 aromatic heterocycles. The fourth-order valence-corrected chi connectivity index (χ4v) is 3.28. The molecule has 0 aliphatic heterocycles. The van der Waals surface area contributed by atoms with E-state index in [2.05, 4.69) is 15.6 Å². The van der Waals surface area contributed by atoms with Gasteiger partial charge in [0.2, 0.25) is 5.91 Å². The van der Waals surface area contributed by atoms with Crippen LogP contribution in [0.1, 0.15) is 27.2 Å². The van der Waals surface area contributed by atoms with Gasteiger partial charge in [0, 0.05) is 16.6 Å². The third-order valence-corrected chi connectivity index (χ3v) is 4.77. The van der Waals surface area contributed by atoms with E-state index in [1.807, 2.05) is 32.0 Å². The van der Waals surface area contributed by atoms with E-state index in [4.69, 9.17) is 0 Å². The number of halogens is 1. The number of amides is 2. The number of rotatable bonds is 5. The van der Waals surface area contributed by atoms with Crippen LogP contribution in [0.3, 0.4) is 0 Å². The van der Waals surface area contributed by atoms with Crippen LogP contribution in [0.4, 0.5) is 15.2 Å². The fraction of sp³-hybridized carbons (Fsp3) is 0.150. The summed E-state index contributed by atoms with van der Waals surface area (Å²) in [6.07, 6.45) is 0.108. The molecule has 2 aromatic carbocycles. The molecule has 5 nitrogen and oxygen atoms in total. The Morgan fingerprint density at radius 2 is 1.70 bits per heavy atom. The van der Waals surface area contributed by atoms with Crippen molar-refractivity contribution in [2.24, 2.45) is 0 Å². The second kappa shape index (κ2) is 8.09. The van der Waals surface area contributed by atoms with E-state index in [9.17, 15) is 14.0 Å². The third-order valence-electron chi connectivity index (χ3n) is 3.97. The quantitative estimate of drug-likeness (QED) is 0.689. The summed E-state index contributed by atoms with van der Waals surface area (Å²) in [6, 6.07) is 11.1. The molecule has 1 heterocycles. The third kappa shape index (κ3) is 4.77. The smallest absolute Gasteiger partial charge is 0.257 e. The van der Waals surface area contributed by atoms with Crippen molar-refractivity contribution < 1.29 is 14.0 Å². The number of hydrogen-bond acceptors (Lipinski definition) is 4. The first-order valence-corrected chi connectivity index (χ1v) is 9.18. The number of nitrogens with zero attached hydrogens (tertiary/aromatic N) is 1. The van der Waals surface area contributed by atoms with Crippen LogP contribution in [0.15, 0.2) is 47.8 Å². The van der Waals surface area contributed by atoms with E-state index >= 15 is 0 Å². The highest BCUT2D eigenvalue weighted by Crippen LogP contribution is 2.21. The molecule has 0 atom stereocenters. The minimum atomic E-state index is -0.405. The Hall–Kier alpha value is -3.06. The van der Waals surface area contributed by atoms with E-state index in [0.29, 0.717) is 16.4 Å².